The van der Waals surface area contributed by atoms with Gasteiger partial charge in [-0.15, -0.1) is 0 Å². The maximum absolute atomic E-state index is 8.79. The van der Waals surface area contributed by atoms with E-state index in [9.17, 15) is 0 Å². The molecule has 74 valence electrons. The summed E-state index contributed by atoms with van der Waals surface area (Å²) in [6.07, 6.45) is 0. The van der Waals surface area contributed by atoms with Crippen LogP contribution in [0.4, 0.5) is 0 Å². The van der Waals surface area contributed by atoms with Crippen molar-refractivity contribution < 1.29 is 0 Å². The molecular formula is C10H19N3. The van der Waals surface area contributed by atoms with Crippen LogP contribution in [0.3, 0.4) is 0 Å². The highest BCUT2D eigenvalue weighted by molar-refractivity contribution is 4.91. The maximum atomic E-state index is 8.79. The number of hydrogen-bond donors (Lipinski definition) is 0. The Hall–Kier alpha value is -0.590. The molecule has 1 aliphatic heterocycles. The van der Waals surface area contributed by atoms with Gasteiger partial charge in [0, 0.05) is 25.7 Å². The van der Waals surface area contributed by atoms with Gasteiger partial charge in [0.25, 0.3) is 0 Å². The fraction of sp³-hybridized carbons (Fsp3) is 0.900. The Morgan fingerprint density at radius 2 is 2.23 bits per heavy atom. The molecule has 0 radical (unpaired) electrons. The van der Waals surface area contributed by atoms with Gasteiger partial charge in [-0.2, -0.15) is 5.26 Å². The molecule has 0 aromatic heterocycles. The highest BCUT2D eigenvalue weighted by Gasteiger charge is 2.24. The van der Waals surface area contributed by atoms with Gasteiger partial charge in [-0.3, -0.25) is 9.80 Å². The van der Waals surface area contributed by atoms with Crippen LogP contribution in [0.25, 0.3) is 0 Å². The third-order valence-corrected chi connectivity index (χ3v) is 2.94. The van der Waals surface area contributed by atoms with E-state index in [0.717, 1.165) is 26.2 Å². The monoisotopic (exact) mass is 181 g/mol. The highest BCUT2D eigenvalue weighted by atomic mass is 15.3. The van der Waals surface area contributed by atoms with Crippen molar-refractivity contribution in [1.82, 2.24) is 9.80 Å². The molecule has 1 saturated heterocycles. The molecule has 1 fully saturated rings. The van der Waals surface area contributed by atoms with E-state index >= 15 is 0 Å². The smallest absolute Gasteiger partial charge is 0.0950 e. The lowest BCUT2D eigenvalue weighted by Gasteiger charge is -2.40. The lowest BCUT2D eigenvalue weighted by Crippen LogP contribution is -2.53. The van der Waals surface area contributed by atoms with E-state index in [1.165, 1.54) is 0 Å². The first-order chi connectivity index (χ1) is 6.19. The molecule has 0 bridgehead atoms. The SMILES string of the molecule is CCN1CCN(C(C)C#N)CC1C. The number of likely N-dealkylation sites (N-methyl/N-ethyl adjacent to an activating group) is 1. The molecule has 3 heteroatoms. The molecule has 13 heavy (non-hydrogen) atoms. The Balaban J connectivity index is 2.46. The highest BCUT2D eigenvalue weighted by Crippen LogP contribution is 2.11. The molecule has 2 unspecified atom stereocenters. The van der Waals surface area contributed by atoms with Crippen LogP contribution in [0.2, 0.25) is 0 Å². The van der Waals surface area contributed by atoms with E-state index < -0.39 is 0 Å². The standard InChI is InChI=1S/C10H19N3/c1-4-12-5-6-13(8-10(12)3)9(2)7-11/h9-10H,4-6,8H2,1-3H3. The van der Waals surface area contributed by atoms with E-state index in [1.807, 2.05) is 6.92 Å². The Bertz CT molecular complexity index is 197. The molecule has 0 N–H and O–H groups in total. The van der Waals surface area contributed by atoms with Crippen molar-refractivity contribution in [3.05, 3.63) is 0 Å². The summed E-state index contributed by atoms with van der Waals surface area (Å²) >= 11 is 0. The van der Waals surface area contributed by atoms with Gasteiger partial charge in [0.2, 0.25) is 0 Å². The molecule has 1 aliphatic rings. The Morgan fingerprint density at radius 3 is 2.69 bits per heavy atom. The molecule has 0 aromatic carbocycles. The molecule has 0 spiro atoms. The molecule has 0 aromatic rings. The molecule has 0 aliphatic carbocycles. The van der Waals surface area contributed by atoms with Crippen LogP contribution in [-0.2, 0) is 0 Å². The minimum absolute atomic E-state index is 0.0708. The quantitative estimate of drug-likeness (QED) is 0.634. The van der Waals surface area contributed by atoms with Gasteiger partial charge in [-0.1, -0.05) is 6.92 Å². The zero-order chi connectivity index (χ0) is 9.84. The number of piperazine rings is 1. The maximum Gasteiger partial charge on any atom is 0.0950 e. The first-order valence-corrected chi connectivity index (χ1v) is 5.06. The van der Waals surface area contributed by atoms with Crippen LogP contribution in [0.15, 0.2) is 0 Å². The van der Waals surface area contributed by atoms with Crippen molar-refractivity contribution >= 4 is 0 Å². The molecule has 3 nitrogen and oxygen atoms in total. The minimum atomic E-state index is 0.0708. The molecule has 1 rings (SSSR count). The first kappa shape index (κ1) is 10.5. The second-order valence-corrected chi connectivity index (χ2v) is 3.78. The number of hydrogen-bond acceptors (Lipinski definition) is 3. The van der Waals surface area contributed by atoms with E-state index in [0.29, 0.717) is 6.04 Å². The van der Waals surface area contributed by atoms with Crippen LogP contribution >= 0.6 is 0 Å². The van der Waals surface area contributed by atoms with Crippen molar-refractivity contribution in [3.8, 4) is 6.07 Å². The van der Waals surface area contributed by atoms with Gasteiger partial charge in [0.1, 0.15) is 0 Å². The van der Waals surface area contributed by atoms with Crippen LogP contribution < -0.4 is 0 Å². The summed E-state index contributed by atoms with van der Waals surface area (Å²) in [5.74, 6) is 0. The van der Waals surface area contributed by atoms with Gasteiger partial charge in [0.15, 0.2) is 0 Å². The second kappa shape index (κ2) is 4.59. The predicted molar refractivity (Wildman–Crippen MR) is 53.4 cm³/mol. The molecule has 0 saturated carbocycles. The van der Waals surface area contributed by atoms with Crippen LogP contribution in [0.1, 0.15) is 20.8 Å². The van der Waals surface area contributed by atoms with Gasteiger partial charge >= 0.3 is 0 Å². The average Bonchev–Trinajstić information content (AvgIpc) is 2.16. The van der Waals surface area contributed by atoms with Crippen molar-refractivity contribution in [2.75, 3.05) is 26.2 Å². The Kier molecular flexibility index (Phi) is 3.71. The van der Waals surface area contributed by atoms with Gasteiger partial charge < -0.3 is 0 Å². The minimum Gasteiger partial charge on any atom is -0.298 e. The van der Waals surface area contributed by atoms with Crippen molar-refractivity contribution in [2.45, 2.75) is 32.9 Å². The van der Waals surface area contributed by atoms with Gasteiger partial charge in [0.05, 0.1) is 12.1 Å². The van der Waals surface area contributed by atoms with E-state index in [2.05, 4.69) is 29.7 Å². The van der Waals surface area contributed by atoms with Crippen molar-refractivity contribution in [2.24, 2.45) is 0 Å². The summed E-state index contributed by atoms with van der Waals surface area (Å²) in [6, 6.07) is 2.96. The molecule has 2 atom stereocenters. The molecule has 1 heterocycles. The number of nitriles is 1. The fourth-order valence-electron chi connectivity index (χ4n) is 1.93. The third-order valence-electron chi connectivity index (χ3n) is 2.94. The summed E-state index contributed by atoms with van der Waals surface area (Å²) in [6.45, 7) is 10.7. The Labute approximate surface area is 80.9 Å². The van der Waals surface area contributed by atoms with Gasteiger partial charge in [-0.25, -0.2) is 0 Å². The van der Waals surface area contributed by atoms with E-state index in [-0.39, 0.29) is 6.04 Å². The van der Waals surface area contributed by atoms with Crippen LogP contribution in [0, 0.1) is 11.3 Å². The summed E-state index contributed by atoms with van der Waals surface area (Å²) in [5.41, 5.74) is 0. The van der Waals surface area contributed by atoms with Crippen LogP contribution in [0.5, 0.6) is 0 Å². The molecule has 0 amide bonds. The number of rotatable bonds is 2. The third kappa shape index (κ3) is 2.43. The normalized spacial score (nSPS) is 28.3. The summed E-state index contributed by atoms with van der Waals surface area (Å²) in [5, 5.41) is 8.79. The summed E-state index contributed by atoms with van der Waals surface area (Å²) < 4.78 is 0. The van der Waals surface area contributed by atoms with Crippen LogP contribution in [-0.4, -0.2) is 48.1 Å². The second-order valence-electron chi connectivity index (χ2n) is 3.78. The number of nitrogens with zero attached hydrogens (tertiary/aromatic N) is 3. The first-order valence-electron chi connectivity index (χ1n) is 5.06. The summed E-state index contributed by atoms with van der Waals surface area (Å²) in [7, 11) is 0. The summed E-state index contributed by atoms with van der Waals surface area (Å²) in [4.78, 5) is 4.72. The molecular weight excluding hydrogens is 162 g/mol. The average molecular weight is 181 g/mol. The van der Waals surface area contributed by atoms with E-state index in [1.54, 1.807) is 0 Å². The topological polar surface area (TPSA) is 30.3 Å². The van der Waals surface area contributed by atoms with Crippen molar-refractivity contribution in [1.29, 1.82) is 5.26 Å². The van der Waals surface area contributed by atoms with Gasteiger partial charge in [-0.05, 0) is 20.4 Å². The lowest BCUT2D eigenvalue weighted by atomic mass is 10.1. The van der Waals surface area contributed by atoms with E-state index in [4.69, 9.17) is 5.26 Å². The van der Waals surface area contributed by atoms with Crippen molar-refractivity contribution in [3.63, 3.8) is 0 Å². The Morgan fingerprint density at radius 1 is 1.54 bits per heavy atom. The zero-order valence-electron chi connectivity index (χ0n) is 8.82. The zero-order valence-corrected chi connectivity index (χ0v) is 8.82. The predicted octanol–water partition coefficient (Wildman–Crippen LogP) is 0.924. The lowest BCUT2D eigenvalue weighted by molar-refractivity contribution is 0.0773. The fourth-order valence-corrected chi connectivity index (χ4v) is 1.93. The largest absolute Gasteiger partial charge is 0.298 e.